The number of hydrogen-bond acceptors (Lipinski definition) is 4. The first-order valence-electron chi connectivity index (χ1n) is 5.85. The molecule has 1 fully saturated rings. The minimum atomic E-state index is -2.95. The molecule has 6 heteroatoms. The number of nitrogens with one attached hydrogen (secondary N) is 1. The molecule has 1 saturated carbocycles. The number of imidazole rings is 1. The van der Waals surface area contributed by atoms with Crippen LogP contribution in [-0.2, 0) is 9.84 Å². The topological polar surface area (TPSA) is 64.0 Å². The Bertz CT molecular complexity index is 503. The Morgan fingerprint density at radius 1 is 1.59 bits per heavy atom. The lowest BCUT2D eigenvalue weighted by molar-refractivity contribution is 0.597. The molecular weight excluding hydrogens is 238 g/mol. The maximum Gasteiger partial charge on any atom is 0.203 e. The van der Waals surface area contributed by atoms with Crippen LogP contribution in [0.25, 0.3) is 0 Å². The van der Waals surface area contributed by atoms with Crippen LogP contribution in [0.15, 0.2) is 6.20 Å². The summed E-state index contributed by atoms with van der Waals surface area (Å²) in [6.45, 7) is 3.81. The zero-order valence-electron chi connectivity index (χ0n) is 10.5. The molecule has 0 saturated heterocycles. The zero-order chi connectivity index (χ0) is 12.6. The summed E-state index contributed by atoms with van der Waals surface area (Å²) in [5, 5.41) is 3.18. The van der Waals surface area contributed by atoms with Crippen LogP contribution in [0.5, 0.6) is 0 Å². The van der Waals surface area contributed by atoms with Gasteiger partial charge in [0.25, 0.3) is 0 Å². The average molecular weight is 257 g/mol. The van der Waals surface area contributed by atoms with Gasteiger partial charge in [-0.2, -0.15) is 0 Å². The van der Waals surface area contributed by atoms with Crippen molar-refractivity contribution in [2.24, 2.45) is 0 Å². The monoisotopic (exact) mass is 257 g/mol. The van der Waals surface area contributed by atoms with Crippen LogP contribution in [0.2, 0.25) is 0 Å². The summed E-state index contributed by atoms with van der Waals surface area (Å²) in [6, 6.07) is 0.424. The number of sulfone groups is 1. The second-order valence-electron chi connectivity index (χ2n) is 4.98. The molecule has 0 amide bonds. The average Bonchev–Trinajstić information content (AvgIpc) is 2.89. The fraction of sp³-hybridized carbons (Fsp3) is 0.727. The van der Waals surface area contributed by atoms with Crippen molar-refractivity contribution in [1.82, 2.24) is 9.55 Å². The summed E-state index contributed by atoms with van der Waals surface area (Å²) >= 11 is 0. The van der Waals surface area contributed by atoms with E-state index in [9.17, 15) is 8.42 Å². The van der Waals surface area contributed by atoms with Gasteiger partial charge in [0.2, 0.25) is 5.95 Å². The smallest absolute Gasteiger partial charge is 0.203 e. The molecule has 96 valence electrons. The number of rotatable bonds is 5. The van der Waals surface area contributed by atoms with Gasteiger partial charge in [-0.25, -0.2) is 13.4 Å². The first kappa shape index (κ1) is 12.4. The van der Waals surface area contributed by atoms with E-state index >= 15 is 0 Å². The molecule has 1 aromatic heterocycles. The molecule has 1 aromatic rings. The third-order valence-corrected chi connectivity index (χ3v) is 3.83. The van der Waals surface area contributed by atoms with Crippen molar-refractivity contribution in [3.8, 4) is 0 Å². The highest BCUT2D eigenvalue weighted by Crippen LogP contribution is 2.37. The molecule has 1 aliphatic carbocycles. The van der Waals surface area contributed by atoms with E-state index < -0.39 is 9.84 Å². The molecule has 17 heavy (non-hydrogen) atoms. The maximum atomic E-state index is 11.2. The van der Waals surface area contributed by atoms with Crippen molar-refractivity contribution in [1.29, 1.82) is 0 Å². The van der Waals surface area contributed by atoms with Crippen LogP contribution in [0.3, 0.4) is 0 Å². The van der Waals surface area contributed by atoms with Gasteiger partial charge in [-0.05, 0) is 26.7 Å². The molecule has 1 heterocycles. The van der Waals surface area contributed by atoms with Crippen molar-refractivity contribution >= 4 is 15.8 Å². The summed E-state index contributed by atoms with van der Waals surface area (Å²) < 4.78 is 24.5. The van der Waals surface area contributed by atoms with E-state index in [1.54, 1.807) is 0 Å². The fourth-order valence-electron chi connectivity index (χ4n) is 1.97. The molecule has 2 rings (SSSR count). The first-order chi connectivity index (χ1) is 7.85. The SMILES string of the molecule is Cc1cn(C2CC2)c(NC(C)CS(C)(=O)=O)n1. The van der Waals surface area contributed by atoms with E-state index in [0.717, 1.165) is 11.6 Å². The summed E-state index contributed by atoms with van der Waals surface area (Å²) in [7, 11) is -2.95. The summed E-state index contributed by atoms with van der Waals surface area (Å²) in [5.41, 5.74) is 0.964. The molecule has 0 radical (unpaired) electrons. The predicted octanol–water partition coefficient (Wildman–Crippen LogP) is 1.37. The predicted molar refractivity (Wildman–Crippen MR) is 68.0 cm³/mol. The van der Waals surface area contributed by atoms with Crippen molar-refractivity contribution in [3.05, 3.63) is 11.9 Å². The van der Waals surface area contributed by atoms with E-state index in [4.69, 9.17) is 0 Å². The van der Waals surface area contributed by atoms with Crippen LogP contribution in [0, 0.1) is 6.92 Å². The lowest BCUT2D eigenvalue weighted by Gasteiger charge is -2.14. The molecule has 1 aliphatic rings. The third kappa shape index (κ3) is 3.46. The molecule has 0 aliphatic heterocycles. The van der Waals surface area contributed by atoms with Crippen molar-refractivity contribution in [2.75, 3.05) is 17.3 Å². The van der Waals surface area contributed by atoms with Crippen LogP contribution in [0.4, 0.5) is 5.95 Å². The van der Waals surface area contributed by atoms with Gasteiger partial charge < -0.3 is 9.88 Å². The number of anilines is 1. The van der Waals surface area contributed by atoms with Crippen LogP contribution in [-0.4, -0.2) is 36.0 Å². The number of hydrogen-bond donors (Lipinski definition) is 1. The molecule has 1 atom stereocenters. The summed E-state index contributed by atoms with van der Waals surface area (Å²) in [6.07, 6.45) is 5.65. The van der Waals surface area contributed by atoms with E-state index in [1.165, 1.54) is 19.1 Å². The Balaban J connectivity index is 2.07. The third-order valence-electron chi connectivity index (χ3n) is 2.72. The summed E-state index contributed by atoms with van der Waals surface area (Å²) in [5.74, 6) is 0.921. The molecule has 0 aromatic carbocycles. The van der Waals surface area contributed by atoms with Gasteiger partial charge in [0.1, 0.15) is 9.84 Å². The minimum absolute atomic E-state index is 0.121. The highest BCUT2D eigenvalue weighted by molar-refractivity contribution is 7.90. The second-order valence-corrected chi connectivity index (χ2v) is 7.17. The van der Waals surface area contributed by atoms with Gasteiger partial charge >= 0.3 is 0 Å². The van der Waals surface area contributed by atoms with Gasteiger partial charge in [-0.15, -0.1) is 0 Å². The van der Waals surface area contributed by atoms with Crippen LogP contribution in [0.1, 0.15) is 31.5 Å². The highest BCUT2D eigenvalue weighted by Gasteiger charge is 2.26. The molecule has 0 spiro atoms. The van der Waals surface area contributed by atoms with Gasteiger partial charge in [0, 0.05) is 24.5 Å². The maximum absolute atomic E-state index is 11.2. The van der Waals surface area contributed by atoms with Crippen molar-refractivity contribution in [3.63, 3.8) is 0 Å². The number of aryl methyl sites for hydroxylation is 1. The minimum Gasteiger partial charge on any atom is -0.352 e. The van der Waals surface area contributed by atoms with Gasteiger partial charge in [0.15, 0.2) is 0 Å². The Morgan fingerprint density at radius 2 is 2.24 bits per heavy atom. The zero-order valence-corrected chi connectivity index (χ0v) is 11.3. The number of nitrogens with zero attached hydrogens (tertiary/aromatic N) is 2. The summed E-state index contributed by atoms with van der Waals surface area (Å²) in [4.78, 5) is 4.40. The van der Waals surface area contributed by atoms with E-state index in [-0.39, 0.29) is 11.8 Å². The van der Waals surface area contributed by atoms with E-state index in [1.807, 2.05) is 20.0 Å². The molecular formula is C11H19N3O2S. The molecule has 0 bridgehead atoms. The Kier molecular flexibility index (Phi) is 3.16. The lowest BCUT2D eigenvalue weighted by atomic mass is 10.4. The van der Waals surface area contributed by atoms with Gasteiger partial charge in [-0.1, -0.05) is 0 Å². The highest BCUT2D eigenvalue weighted by atomic mass is 32.2. The Labute approximate surface area is 102 Å². The largest absolute Gasteiger partial charge is 0.352 e. The fourth-order valence-corrected chi connectivity index (χ4v) is 2.96. The second kappa shape index (κ2) is 4.33. The van der Waals surface area contributed by atoms with Crippen molar-refractivity contribution < 1.29 is 8.42 Å². The molecule has 5 nitrogen and oxygen atoms in total. The van der Waals surface area contributed by atoms with Crippen LogP contribution < -0.4 is 5.32 Å². The Hall–Kier alpha value is -1.04. The normalized spacial score (nSPS) is 18.1. The van der Waals surface area contributed by atoms with E-state index in [0.29, 0.717) is 6.04 Å². The van der Waals surface area contributed by atoms with Gasteiger partial charge in [-0.3, -0.25) is 0 Å². The lowest BCUT2D eigenvalue weighted by Crippen LogP contribution is -2.26. The van der Waals surface area contributed by atoms with Crippen molar-refractivity contribution in [2.45, 2.75) is 38.8 Å². The first-order valence-corrected chi connectivity index (χ1v) is 7.91. The number of aromatic nitrogens is 2. The van der Waals surface area contributed by atoms with Crippen LogP contribution >= 0.6 is 0 Å². The standard InChI is InChI=1S/C11H19N3O2S/c1-8-6-14(10-4-5-10)11(12-8)13-9(2)7-17(3,15)16/h6,9-10H,4-5,7H2,1-3H3,(H,12,13). The Morgan fingerprint density at radius 3 is 2.76 bits per heavy atom. The van der Waals surface area contributed by atoms with E-state index in [2.05, 4.69) is 14.9 Å². The molecule has 1 N–H and O–H groups in total. The van der Waals surface area contributed by atoms with Gasteiger partial charge in [0.05, 0.1) is 11.4 Å². The quantitative estimate of drug-likeness (QED) is 0.865. The molecule has 1 unspecified atom stereocenters.